The average molecular weight is 1480 g/mol. The van der Waals surface area contributed by atoms with Crippen LogP contribution in [0.3, 0.4) is 0 Å². The third kappa shape index (κ3) is 19.5. The summed E-state index contributed by atoms with van der Waals surface area (Å²) < 4.78 is 232. The molecule has 0 unspecified atom stereocenters. The largest absolute Gasteiger partial charge is 1.00 e. The van der Waals surface area contributed by atoms with Gasteiger partial charge in [-0.15, -0.1) is 25.6 Å². The molecule has 8 aromatic carbocycles. The van der Waals surface area contributed by atoms with Crippen LogP contribution in [0.2, 0.25) is 0 Å². The van der Waals surface area contributed by atoms with Crippen molar-refractivity contribution in [1.82, 2.24) is 0 Å². The molecule has 95 heavy (non-hydrogen) atoms. The third-order valence-corrected chi connectivity index (χ3v) is 19.7. The van der Waals surface area contributed by atoms with E-state index >= 15 is 0 Å². The Labute approximate surface area is 649 Å². The fraction of sp³-hybridized carbons (Fsp3) is 0.0408. The van der Waals surface area contributed by atoms with Crippen LogP contribution < -0.4 is 175 Å². The molecule has 470 valence electrons. The fourth-order valence-corrected chi connectivity index (χ4v) is 13.1. The second-order valence-electron chi connectivity index (χ2n) is 18.1. The van der Waals surface area contributed by atoms with Crippen LogP contribution in [-0.2, 0) is 70.3 Å². The molecule has 34 nitrogen and oxygen atoms in total. The van der Waals surface area contributed by atoms with Gasteiger partial charge >= 0.3 is 148 Å². The maximum atomic E-state index is 14.1. The molecule has 0 radical (unpaired) electrons. The Morgan fingerprint density at radius 2 is 0.832 bits per heavy atom. The quantitative estimate of drug-likeness (QED) is 0.0179. The minimum Gasteiger partial charge on any atom is -0.870 e. The van der Waals surface area contributed by atoms with Crippen LogP contribution in [0.1, 0.15) is 10.4 Å². The molecule has 0 aliphatic rings. The number of azo groups is 4. The summed E-state index contributed by atoms with van der Waals surface area (Å²) in [6, 6.07) is 17.0. The normalized spacial score (nSPS) is 12.4. The summed E-state index contributed by atoms with van der Waals surface area (Å²) in [5.74, 6) is -4.69. The average Bonchev–Trinajstić information content (AvgIpc) is 0.747. The minimum atomic E-state index is -5.63. The van der Waals surface area contributed by atoms with Crippen LogP contribution >= 0.6 is 0 Å². The van der Waals surface area contributed by atoms with Gasteiger partial charge in [0.25, 0.3) is 26.1 Å². The van der Waals surface area contributed by atoms with Gasteiger partial charge < -0.3 is 45.8 Å². The van der Waals surface area contributed by atoms with Gasteiger partial charge in [-0.25, -0.2) is 42.1 Å². The maximum absolute atomic E-state index is 14.1. The molecule has 1 amide bonds. The van der Waals surface area contributed by atoms with Gasteiger partial charge in [0.1, 0.15) is 57.2 Å². The first-order chi connectivity index (χ1) is 41.7. The van der Waals surface area contributed by atoms with Crippen molar-refractivity contribution < 1.29 is 250 Å². The van der Waals surface area contributed by atoms with Gasteiger partial charge in [0.2, 0.25) is 0 Å². The topological polar surface area (TPSA) is 595 Å². The van der Waals surface area contributed by atoms with E-state index in [0.717, 1.165) is 78.9 Å². The Morgan fingerprint density at radius 3 is 1.20 bits per heavy atom. The second-order valence-corrected chi connectivity index (χ2v) is 28.9. The molecule has 8 rings (SSSR count). The number of nitrogens with zero attached hydrogens (tertiary/aromatic N) is 8. The molecule has 0 saturated heterocycles. The van der Waals surface area contributed by atoms with Gasteiger partial charge in [0, 0.05) is 27.4 Å². The van der Waals surface area contributed by atoms with Crippen molar-refractivity contribution >= 4 is 160 Å². The third-order valence-electron chi connectivity index (χ3n) is 12.3. The zero-order valence-corrected chi connectivity index (χ0v) is 65.0. The Hall–Kier alpha value is -4.50. The number of carbonyl (C=O) groups excluding carboxylic acids is 1. The number of benzene rings is 8. The zero-order chi connectivity index (χ0) is 66.4. The van der Waals surface area contributed by atoms with Gasteiger partial charge in [-0.3, -0.25) is 13.9 Å². The van der Waals surface area contributed by atoms with Crippen LogP contribution in [-0.4, -0.2) is 105 Å². The molecule has 8 N–H and O–H groups in total. The molecule has 0 heterocycles. The van der Waals surface area contributed by atoms with E-state index in [1.54, 1.807) is 0 Å². The number of hydrogen-bond acceptors (Lipinski definition) is 31. The number of nitrogen functional groups attached to an aromatic ring is 2. The molecule has 0 bridgehead atoms. The van der Waals surface area contributed by atoms with Gasteiger partial charge in [0.05, 0.1) is 76.6 Å². The van der Waals surface area contributed by atoms with Crippen LogP contribution in [0.15, 0.2) is 202 Å². The second kappa shape index (κ2) is 32.7. The van der Waals surface area contributed by atoms with Crippen molar-refractivity contribution in [3.63, 3.8) is 0 Å². The monoisotopic (exact) mass is 1480 g/mol. The van der Waals surface area contributed by atoms with Gasteiger partial charge in [-0.1, -0.05) is 18.1 Å². The molecule has 0 aliphatic carbocycles. The number of carbonyl (C=O) groups is 1. The van der Waals surface area contributed by atoms with Gasteiger partial charge in [0.15, 0.2) is 19.7 Å². The molecule has 0 fully saturated rings. The van der Waals surface area contributed by atoms with E-state index < -0.39 is 186 Å². The van der Waals surface area contributed by atoms with Crippen LogP contribution in [0.5, 0.6) is 11.5 Å². The first-order valence-electron chi connectivity index (χ1n) is 23.9. The predicted octanol–water partition coefficient (Wildman–Crippen LogP) is -8.87. The fourth-order valence-electron chi connectivity index (χ4n) is 8.11. The molecule has 0 aromatic heterocycles. The number of nitrogens with two attached hydrogens (primary N) is 2. The van der Waals surface area contributed by atoms with Crippen molar-refractivity contribution in [2.75, 3.05) is 29.1 Å². The molecule has 0 saturated carbocycles. The number of sulfone groups is 2. The zero-order valence-electron chi connectivity index (χ0n) is 49.3. The van der Waals surface area contributed by atoms with E-state index in [1.807, 2.05) is 0 Å². The number of aliphatic hydroxyl groups is 1. The molecule has 0 atom stereocenters. The van der Waals surface area contributed by atoms with Gasteiger partial charge in [-0.2, -0.15) is 32.2 Å². The molecular formula is C49H34N11Na5O23S7. The molecule has 8 aromatic rings. The van der Waals surface area contributed by atoms with Crippen LogP contribution in [0.4, 0.5) is 62.6 Å². The van der Waals surface area contributed by atoms with Crippen LogP contribution in [0.25, 0.3) is 21.5 Å². The van der Waals surface area contributed by atoms with E-state index in [0.29, 0.717) is 41.8 Å². The van der Waals surface area contributed by atoms with E-state index in [2.05, 4.69) is 52.8 Å². The first-order valence-corrected chi connectivity index (χ1v) is 34.2. The number of amides is 1. The Bertz CT molecular complexity index is 5380. The maximum Gasteiger partial charge on any atom is 1.00 e. The van der Waals surface area contributed by atoms with Crippen molar-refractivity contribution in [2.45, 2.75) is 34.3 Å². The minimum absolute atomic E-state index is 0. The van der Waals surface area contributed by atoms with Crippen molar-refractivity contribution in [3.05, 3.63) is 133 Å². The van der Waals surface area contributed by atoms with E-state index in [1.165, 1.54) is 0 Å². The standard InChI is InChI=1S/C49H39N11O23S7.5Na/c1-2-84(65,66)31-12-7-28(8-13-31)53-57-43-35(87(72,73)74)19-25-21-37(89(78,79)80)45(47(62)39(25)41(43)50)59-55-27-5-3-24(4-6-27)49(64)52-30-11-16-34(86(69,70)71)33(23-30)56-60-46-38(90(81,82)83)22-26-20-36(88(75,76)77)44(42(51)40(26)48(46)63)58-54-29-9-14-32(15-10-29)85(67,68)18-17-61;;;;;/h2-16,19-23,61-63H,1,17-18,50-51H2,(H,52,64)(H,69,70,71)(H,72,73,74)(H,75,76,77)(H,78,79,80)(H,81,82,83);;;;;/q;5*+1/p-5. The summed E-state index contributed by atoms with van der Waals surface area (Å²) in [4.78, 5) is 6.65. The summed E-state index contributed by atoms with van der Waals surface area (Å²) in [6.07, 6.45) is 0. The molecule has 0 spiro atoms. The molecular weight excluding hydrogens is 1450 g/mol. The Morgan fingerprint density at radius 1 is 0.474 bits per heavy atom. The SMILES string of the molecule is C=CS(=O)(=O)c1ccc(N=Nc2c(S(=O)(=O)[O-])cc3cc(S(=O)(=O)O)c(N=Nc4ccc(C(=O)Nc5ccc(S(=O)(=O)[O-])c(N=Nc6c(S(=O)(=O)O)cc7cc(S(=O)(=O)[O-])c(N=Nc8ccc(S(=O)(=O)CCO)cc8)c(N)c7c6[O-])c5)cc4)c([O-])c3c2N)cc1.[Na+].[Na+].[Na+].[Na+].[Na+]. The first kappa shape index (κ1) is 84.7. The Balaban J connectivity index is 0.00000470. The van der Waals surface area contributed by atoms with E-state index in [4.69, 9.17) is 16.6 Å². The summed E-state index contributed by atoms with van der Waals surface area (Å²) in [5.41, 5.74) is 3.94. The summed E-state index contributed by atoms with van der Waals surface area (Å²) in [5, 5.41) is 66.7. The van der Waals surface area contributed by atoms with E-state index in [9.17, 15) is 96.7 Å². The number of rotatable bonds is 20. The Kier molecular flexibility index (Phi) is 29.1. The van der Waals surface area contributed by atoms with Crippen molar-refractivity contribution in [2.24, 2.45) is 40.9 Å². The number of fused-ring (bicyclic) bond motifs is 2. The number of nitrogens with one attached hydrogen (secondary N) is 1. The number of aliphatic hydroxyl groups excluding tert-OH is 1. The van der Waals surface area contributed by atoms with Crippen molar-refractivity contribution in [1.29, 1.82) is 0 Å². The smallest absolute Gasteiger partial charge is 0.870 e. The van der Waals surface area contributed by atoms with Gasteiger partial charge in [-0.05, 0) is 126 Å². The summed E-state index contributed by atoms with van der Waals surface area (Å²) in [6.45, 7) is 2.50. The summed E-state index contributed by atoms with van der Waals surface area (Å²) in [7, 11) is -35.6. The predicted molar refractivity (Wildman–Crippen MR) is 306 cm³/mol. The number of anilines is 3. The molecule has 0 aliphatic heterocycles. The summed E-state index contributed by atoms with van der Waals surface area (Å²) >= 11 is 0. The van der Waals surface area contributed by atoms with Crippen LogP contribution in [0, 0.1) is 0 Å². The van der Waals surface area contributed by atoms with E-state index in [-0.39, 0.29) is 186 Å². The van der Waals surface area contributed by atoms with Crippen molar-refractivity contribution in [3.8, 4) is 11.5 Å². The molecule has 46 heteroatoms. The number of hydrogen-bond donors (Lipinski definition) is 6.